The summed E-state index contributed by atoms with van der Waals surface area (Å²) in [6.45, 7) is 4.41. The van der Waals surface area contributed by atoms with E-state index in [0.29, 0.717) is 18.6 Å². The molecule has 1 N–H and O–H groups in total. The number of nitrogens with zero attached hydrogens (tertiary/aromatic N) is 3. The van der Waals surface area contributed by atoms with Gasteiger partial charge in [-0.15, -0.1) is 0 Å². The van der Waals surface area contributed by atoms with Crippen LogP contribution in [0.4, 0.5) is 5.69 Å². The third-order valence-electron chi connectivity index (χ3n) is 9.32. The maximum Gasteiger partial charge on any atom is 0.216 e. The smallest absolute Gasteiger partial charge is 0.216 e. The molecule has 3 aliphatic rings. The molecule has 1 amide bonds. The van der Waals surface area contributed by atoms with Crippen LogP contribution < -0.4 is 10.2 Å². The normalized spacial score (nSPS) is 24.9. The number of piperidine rings is 2. The summed E-state index contributed by atoms with van der Waals surface area (Å²) in [7, 11) is 0. The molecule has 6 rings (SSSR count). The van der Waals surface area contributed by atoms with Crippen LogP contribution in [-0.2, 0) is 10.2 Å². The van der Waals surface area contributed by atoms with Gasteiger partial charge in [-0.05, 0) is 80.3 Å². The number of rotatable bonds is 7. The van der Waals surface area contributed by atoms with Crippen molar-refractivity contribution in [1.82, 2.24) is 15.2 Å². The minimum absolute atomic E-state index is 0.00380. The van der Waals surface area contributed by atoms with Gasteiger partial charge in [-0.2, -0.15) is 0 Å². The number of halogens is 2. The lowest BCUT2D eigenvalue weighted by atomic mass is 9.71. The minimum Gasteiger partial charge on any atom is -0.370 e. The number of aromatic nitrogens is 1. The summed E-state index contributed by atoms with van der Waals surface area (Å²) in [5.41, 5.74) is 4.25. The Balaban J connectivity index is 1.35. The zero-order valence-electron chi connectivity index (χ0n) is 23.2. The van der Waals surface area contributed by atoms with E-state index in [1.54, 1.807) is 6.92 Å². The van der Waals surface area contributed by atoms with Crippen molar-refractivity contribution < 1.29 is 4.79 Å². The average molecular weight is 578 g/mol. The number of benzene rings is 2. The first-order valence-corrected chi connectivity index (χ1v) is 15.4. The van der Waals surface area contributed by atoms with Crippen LogP contribution >= 0.6 is 23.2 Å². The van der Waals surface area contributed by atoms with Gasteiger partial charge in [-0.25, -0.2) is 0 Å². The predicted molar refractivity (Wildman–Crippen MR) is 163 cm³/mol. The quantitative estimate of drug-likeness (QED) is 0.324. The maximum absolute atomic E-state index is 12.1. The molecule has 3 aromatic rings. The molecule has 1 aromatic heterocycles. The molecule has 3 saturated heterocycles. The summed E-state index contributed by atoms with van der Waals surface area (Å²) in [5, 5.41) is 4.70. The Bertz CT molecular complexity index is 1280. The van der Waals surface area contributed by atoms with Crippen LogP contribution in [-0.4, -0.2) is 47.5 Å². The number of carbonyl (C=O) groups excluding carboxylic acids is 1. The van der Waals surface area contributed by atoms with Crippen molar-refractivity contribution in [2.75, 3.05) is 24.5 Å². The summed E-state index contributed by atoms with van der Waals surface area (Å²) in [4.78, 5) is 22.3. The van der Waals surface area contributed by atoms with E-state index in [4.69, 9.17) is 28.2 Å². The molecule has 40 heavy (non-hydrogen) atoms. The molecule has 7 heteroatoms. The molecular weight excluding hydrogens is 539 g/mol. The molecule has 0 spiro atoms. The summed E-state index contributed by atoms with van der Waals surface area (Å²) in [6.07, 6.45) is 9.89. The molecule has 3 aliphatic heterocycles. The average Bonchev–Trinajstić information content (AvgIpc) is 3.23. The van der Waals surface area contributed by atoms with Crippen LogP contribution in [0.3, 0.4) is 0 Å². The van der Waals surface area contributed by atoms with Gasteiger partial charge in [0.25, 0.3) is 0 Å². The third kappa shape index (κ3) is 5.36. The van der Waals surface area contributed by atoms with Gasteiger partial charge in [-0.3, -0.25) is 14.7 Å². The van der Waals surface area contributed by atoms with Crippen molar-refractivity contribution in [2.24, 2.45) is 0 Å². The number of hydrogen-bond acceptors (Lipinski definition) is 4. The van der Waals surface area contributed by atoms with Crippen LogP contribution in [0.2, 0.25) is 10.0 Å². The fourth-order valence-electron chi connectivity index (χ4n) is 7.46. The van der Waals surface area contributed by atoms with E-state index in [-0.39, 0.29) is 17.4 Å². The molecule has 210 valence electrons. The Labute approximate surface area is 247 Å². The number of carbonyl (C=O) groups is 1. The number of fused-ring (bicyclic) bond motifs is 2. The zero-order chi connectivity index (χ0) is 27.7. The third-order valence-corrected chi connectivity index (χ3v) is 10.0. The van der Waals surface area contributed by atoms with Gasteiger partial charge >= 0.3 is 0 Å². The van der Waals surface area contributed by atoms with E-state index in [0.717, 1.165) is 65.6 Å². The molecular formula is C33H38Cl2N4O. The van der Waals surface area contributed by atoms with Crippen LogP contribution in [0, 0.1) is 0 Å². The second kappa shape index (κ2) is 11.7. The van der Waals surface area contributed by atoms with Gasteiger partial charge in [0, 0.05) is 59.8 Å². The van der Waals surface area contributed by atoms with E-state index in [2.05, 4.69) is 57.7 Å². The number of hydrogen-bond donors (Lipinski definition) is 1. The molecule has 2 bridgehead atoms. The molecule has 3 atom stereocenters. The Morgan fingerprint density at radius 2 is 1.52 bits per heavy atom. The first-order valence-electron chi connectivity index (χ1n) is 14.7. The fraction of sp³-hybridized carbons (Fsp3) is 0.455. The first-order chi connectivity index (χ1) is 19.4. The minimum atomic E-state index is -0.222. The molecule has 5 nitrogen and oxygen atoms in total. The Morgan fingerprint density at radius 1 is 0.925 bits per heavy atom. The van der Waals surface area contributed by atoms with E-state index in [9.17, 15) is 4.79 Å². The number of amides is 1. The highest BCUT2D eigenvalue weighted by Crippen LogP contribution is 2.52. The maximum atomic E-state index is 12.1. The predicted octanol–water partition coefficient (Wildman–Crippen LogP) is 7.17. The summed E-state index contributed by atoms with van der Waals surface area (Å²) in [6, 6.07) is 21.4. The van der Waals surface area contributed by atoms with Gasteiger partial charge in [0.15, 0.2) is 0 Å². The first kappa shape index (κ1) is 27.6. The van der Waals surface area contributed by atoms with Crippen molar-refractivity contribution in [2.45, 2.75) is 75.4 Å². The van der Waals surface area contributed by atoms with Gasteiger partial charge < -0.3 is 10.2 Å². The largest absolute Gasteiger partial charge is 0.370 e. The van der Waals surface area contributed by atoms with Crippen molar-refractivity contribution in [3.63, 3.8) is 0 Å². The van der Waals surface area contributed by atoms with E-state index in [1.165, 1.54) is 24.9 Å². The highest BCUT2D eigenvalue weighted by atomic mass is 35.5. The molecule has 0 radical (unpaired) electrons. The van der Waals surface area contributed by atoms with Gasteiger partial charge in [0.2, 0.25) is 5.91 Å². The second-order valence-corrected chi connectivity index (χ2v) is 12.6. The Morgan fingerprint density at radius 3 is 2.05 bits per heavy atom. The lowest BCUT2D eigenvalue weighted by Crippen LogP contribution is -2.55. The van der Waals surface area contributed by atoms with E-state index in [1.807, 2.05) is 24.3 Å². The summed E-state index contributed by atoms with van der Waals surface area (Å²) < 4.78 is 0. The second-order valence-electron chi connectivity index (χ2n) is 11.8. The molecule has 0 aliphatic carbocycles. The summed E-state index contributed by atoms with van der Waals surface area (Å²) in [5.74, 6) is 0.00380. The molecule has 0 saturated carbocycles. The topological polar surface area (TPSA) is 48.5 Å². The number of pyridine rings is 1. The van der Waals surface area contributed by atoms with Crippen molar-refractivity contribution in [3.05, 3.63) is 93.7 Å². The van der Waals surface area contributed by atoms with Gasteiger partial charge in [0.1, 0.15) is 0 Å². The van der Waals surface area contributed by atoms with Crippen molar-refractivity contribution in [1.29, 1.82) is 0 Å². The Kier molecular flexibility index (Phi) is 8.07. The van der Waals surface area contributed by atoms with E-state index < -0.39 is 0 Å². The van der Waals surface area contributed by atoms with Gasteiger partial charge in [0.05, 0.1) is 17.9 Å². The monoisotopic (exact) mass is 576 g/mol. The van der Waals surface area contributed by atoms with Crippen LogP contribution in [0.25, 0.3) is 0 Å². The van der Waals surface area contributed by atoms with Crippen LogP contribution in [0.15, 0.2) is 66.9 Å². The fourth-order valence-corrected chi connectivity index (χ4v) is 7.94. The zero-order valence-corrected chi connectivity index (χ0v) is 24.7. The Hall–Kier alpha value is -2.60. The molecule has 3 fully saturated rings. The van der Waals surface area contributed by atoms with Crippen LogP contribution in [0.1, 0.15) is 74.7 Å². The lowest BCUT2D eigenvalue weighted by molar-refractivity contribution is -0.119. The van der Waals surface area contributed by atoms with Crippen molar-refractivity contribution >= 4 is 34.8 Å². The number of nitrogens with one attached hydrogen (secondary N) is 1. The molecule has 1 unspecified atom stereocenters. The van der Waals surface area contributed by atoms with E-state index >= 15 is 0 Å². The SMILES string of the molecule is CC(=O)NCC1(c2ccc(N3CCCCC3)cn2)C[C@H]2CC[C@@H](C1)N2C(c1ccccc1Cl)c1ccccc1Cl. The lowest BCUT2D eigenvalue weighted by Gasteiger charge is -2.49. The number of anilines is 1. The van der Waals surface area contributed by atoms with Gasteiger partial charge in [-0.1, -0.05) is 59.6 Å². The molecule has 2 aromatic carbocycles. The standard InChI is InChI=1S/C33H38Cl2N4O/c1-23(40)37-22-33(31-16-15-26(21-36-31)38-17-7-2-8-18-38)19-24-13-14-25(20-33)39(24)32(27-9-3-5-11-29(27)34)28-10-4-6-12-30(28)35/h3-6,9-12,15-16,21,24-25,32H,2,7-8,13-14,17-20,22H2,1H3,(H,37,40)/t24-,25+,33?. The highest BCUT2D eigenvalue weighted by Gasteiger charge is 2.52. The van der Waals surface area contributed by atoms with Crippen LogP contribution in [0.5, 0.6) is 0 Å². The summed E-state index contributed by atoms with van der Waals surface area (Å²) >= 11 is 13.7. The highest BCUT2D eigenvalue weighted by molar-refractivity contribution is 6.32. The molecule has 4 heterocycles. The van der Waals surface area contributed by atoms with Crippen molar-refractivity contribution in [3.8, 4) is 0 Å².